The first kappa shape index (κ1) is 16.8. The number of ether oxygens (including phenoxy) is 1. The highest BCUT2D eigenvalue weighted by atomic mass is 32.2. The molecule has 0 bridgehead atoms. The Hall–Kier alpha value is -2.05. The molecule has 0 aliphatic heterocycles. The molecule has 1 heterocycles. The minimum atomic E-state index is 0.0853. The summed E-state index contributed by atoms with van der Waals surface area (Å²) in [6.07, 6.45) is 0. The minimum Gasteiger partial charge on any atom is -0.497 e. The quantitative estimate of drug-likeness (QED) is 0.623. The smallest absolute Gasteiger partial charge is 0.233 e. The number of para-hydroxylation sites is 1. The van der Waals surface area contributed by atoms with Crippen LogP contribution in [0.1, 0.15) is 5.56 Å². The molecule has 3 aromatic rings. The van der Waals surface area contributed by atoms with Crippen LogP contribution in [0.3, 0.4) is 0 Å². The average Bonchev–Trinajstić information content (AvgIpc) is 3.02. The molecule has 6 heteroatoms. The number of amides is 1. The molecule has 0 saturated carbocycles. The van der Waals surface area contributed by atoms with Gasteiger partial charge in [-0.05, 0) is 29.8 Å². The van der Waals surface area contributed by atoms with Crippen molar-refractivity contribution in [2.24, 2.45) is 0 Å². The van der Waals surface area contributed by atoms with Crippen molar-refractivity contribution in [1.29, 1.82) is 0 Å². The van der Waals surface area contributed by atoms with E-state index < -0.39 is 0 Å². The number of nitrogens with zero attached hydrogens (tertiary/aromatic N) is 2. The third-order valence-corrected chi connectivity index (χ3v) is 5.74. The zero-order valence-corrected chi connectivity index (χ0v) is 15.2. The van der Waals surface area contributed by atoms with Crippen molar-refractivity contribution in [3.63, 3.8) is 0 Å². The molecule has 0 spiro atoms. The Kier molecular flexibility index (Phi) is 5.37. The number of aromatic nitrogens is 1. The molecular weight excluding hydrogens is 340 g/mol. The molecule has 0 N–H and O–H groups in total. The van der Waals surface area contributed by atoms with Gasteiger partial charge in [0.05, 0.1) is 23.1 Å². The van der Waals surface area contributed by atoms with Gasteiger partial charge in [-0.25, -0.2) is 4.98 Å². The molecule has 4 nitrogen and oxygen atoms in total. The minimum absolute atomic E-state index is 0.0853. The van der Waals surface area contributed by atoms with Crippen LogP contribution in [0, 0.1) is 0 Å². The normalized spacial score (nSPS) is 10.8. The average molecular weight is 358 g/mol. The van der Waals surface area contributed by atoms with Gasteiger partial charge in [0.2, 0.25) is 5.91 Å². The van der Waals surface area contributed by atoms with Crippen LogP contribution in [0.4, 0.5) is 0 Å². The summed E-state index contributed by atoms with van der Waals surface area (Å²) in [6, 6.07) is 15.8. The lowest BCUT2D eigenvalue weighted by molar-refractivity contribution is -0.127. The molecule has 1 aromatic heterocycles. The second kappa shape index (κ2) is 7.68. The van der Waals surface area contributed by atoms with Crippen molar-refractivity contribution in [2.45, 2.75) is 10.9 Å². The van der Waals surface area contributed by atoms with E-state index in [2.05, 4.69) is 4.98 Å². The van der Waals surface area contributed by atoms with Gasteiger partial charge in [-0.1, -0.05) is 36.0 Å². The van der Waals surface area contributed by atoms with Crippen molar-refractivity contribution in [1.82, 2.24) is 9.88 Å². The van der Waals surface area contributed by atoms with Crippen LogP contribution in [0.2, 0.25) is 0 Å². The maximum absolute atomic E-state index is 12.3. The molecule has 1 amide bonds. The molecular formula is C18H18N2O2S2. The maximum atomic E-state index is 12.3. The fourth-order valence-electron chi connectivity index (χ4n) is 2.28. The van der Waals surface area contributed by atoms with Crippen molar-refractivity contribution in [3.8, 4) is 5.75 Å². The maximum Gasteiger partial charge on any atom is 0.233 e. The number of carbonyl (C=O) groups excluding carboxylic acids is 1. The Bertz CT molecular complexity index is 815. The van der Waals surface area contributed by atoms with Crippen molar-refractivity contribution < 1.29 is 9.53 Å². The third kappa shape index (κ3) is 4.07. The Balaban J connectivity index is 1.57. The number of methoxy groups -OCH3 is 1. The Morgan fingerprint density at radius 2 is 2.08 bits per heavy atom. The van der Waals surface area contributed by atoms with Gasteiger partial charge in [0, 0.05) is 13.6 Å². The summed E-state index contributed by atoms with van der Waals surface area (Å²) >= 11 is 3.12. The standard InChI is InChI=1S/C18H18N2O2S2/c1-20(11-13-6-5-7-14(10-13)22-2)17(21)12-23-18-19-15-8-3-4-9-16(15)24-18/h3-10H,11-12H2,1-2H3. The fraction of sp³-hybridized carbons (Fsp3) is 0.222. The monoisotopic (exact) mass is 358 g/mol. The van der Waals surface area contributed by atoms with Crippen molar-refractivity contribution in [2.75, 3.05) is 19.9 Å². The van der Waals surface area contributed by atoms with E-state index in [1.54, 1.807) is 23.3 Å². The van der Waals surface area contributed by atoms with Crippen molar-refractivity contribution >= 4 is 39.2 Å². The Labute approximate surface area is 149 Å². The van der Waals surface area contributed by atoms with Crippen LogP contribution in [-0.4, -0.2) is 35.7 Å². The number of thioether (sulfide) groups is 1. The summed E-state index contributed by atoms with van der Waals surface area (Å²) < 4.78 is 7.30. The summed E-state index contributed by atoms with van der Waals surface area (Å²) in [4.78, 5) is 18.6. The summed E-state index contributed by atoms with van der Waals surface area (Å²) in [5, 5.41) is 0. The number of thiazole rings is 1. The molecule has 3 rings (SSSR count). The number of hydrogen-bond donors (Lipinski definition) is 0. The zero-order valence-electron chi connectivity index (χ0n) is 13.6. The topological polar surface area (TPSA) is 42.4 Å². The summed E-state index contributed by atoms with van der Waals surface area (Å²) in [5.74, 6) is 1.28. The molecule has 0 atom stereocenters. The first-order valence-corrected chi connectivity index (χ1v) is 9.31. The molecule has 124 valence electrons. The van der Waals surface area contributed by atoms with E-state index in [1.807, 2.05) is 55.6 Å². The highest BCUT2D eigenvalue weighted by Crippen LogP contribution is 2.29. The molecule has 0 saturated heterocycles. The lowest BCUT2D eigenvalue weighted by Crippen LogP contribution is -2.27. The van der Waals surface area contributed by atoms with E-state index in [1.165, 1.54) is 11.8 Å². The number of fused-ring (bicyclic) bond motifs is 1. The van der Waals surface area contributed by atoms with Gasteiger partial charge in [0.15, 0.2) is 4.34 Å². The molecule has 24 heavy (non-hydrogen) atoms. The number of rotatable bonds is 6. The van der Waals surface area contributed by atoms with Gasteiger partial charge in [0.25, 0.3) is 0 Å². The predicted molar refractivity (Wildman–Crippen MR) is 99.8 cm³/mol. The summed E-state index contributed by atoms with van der Waals surface area (Å²) in [5.41, 5.74) is 2.04. The van der Waals surface area contributed by atoms with E-state index in [9.17, 15) is 4.79 Å². The first-order chi connectivity index (χ1) is 11.7. The molecule has 2 aromatic carbocycles. The van der Waals surface area contributed by atoms with E-state index in [4.69, 9.17) is 4.74 Å². The van der Waals surface area contributed by atoms with Crippen LogP contribution in [0.25, 0.3) is 10.2 Å². The Morgan fingerprint density at radius 1 is 1.25 bits per heavy atom. The lowest BCUT2D eigenvalue weighted by atomic mass is 10.2. The van der Waals surface area contributed by atoms with Gasteiger partial charge >= 0.3 is 0 Å². The van der Waals surface area contributed by atoms with E-state index >= 15 is 0 Å². The molecule has 0 fully saturated rings. The predicted octanol–water partition coefficient (Wildman–Crippen LogP) is 4.06. The van der Waals surface area contributed by atoms with E-state index in [0.29, 0.717) is 12.3 Å². The van der Waals surface area contributed by atoms with Gasteiger partial charge in [-0.2, -0.15) is 0 Å². The summed E-state index contributed by atoms with van der Waals surface area (Å²) in [7, 11) is 3.46. The van der Waals surface area contributed by atoms with Crippen LogP contribution in [-0.2, 0) is 11.3 Å². The zero-order chi connectivity index (χ0) is 16.9. The third-order valence-electron chi connectivity index (χ3n) is 3.57. The highest BCUT2D eigenvalue weighted by molar-refractivity contribution is 8.01. The molecule has 0 aliphatic carbocycles. The van der Waals surface area contributed by atoms with Gasteiger partial charge in [0.1, 0.15) is 5.75 Å². The van der Waals surface area contributed by atoms with Crippen LogP contribution < -0.4 is 4.74 Å². The highest BCUT2D eigenvalue weighted by Gasteiger charge is 2.12. The SMILES string of the molecule is COc1cccc(CN(C)C(=O)CSc2nc3ccccc3s2)c1. The largest absolute Gasteiger partial charge is 0.497 e. The van der Waals surface area contributed by atoms with E-state index in [0.717, 1.165) is 25.9 Å². The van der Waals surface area contributed by atoms with Crippen molar-refractivity contribution in [3.05, 3.63) is 54.1 Å². The van der Waals surface area contributed by atoms with Crippen LogP contribution in [0.15, 0.2) is 52.9 Å². The second-order valence-corrected chi connectivity index (χ2v) is 7.59. The second-order valence-electron chi connectivity index (χ2n) is 5.34. The summed E-state index contributed by atoms with van der Waals surface area (Å²) in [6.45, 7) is 0.566. The van der Waals surface area contributed by atoms with Gasteiger partial charge < -0.3 is 9.64 Å². The first-order valence-electron chi connectivity index (χ1n) is 7.51. The van der Waals surface area contributed by atoms with Gasteiger partial charge in [-0.15, -0.1) is 11.3 Å². The number of carbonyl (C=O) groups is 1. The van der Waals surface area contributed by atoms with Gasteiger partial charge in [-0.3, -0.25) is 4.79 Å². The number of benzene rings is 2. The fourth-order valence-corrected chi connectivity index (χ4v) is 4.29. The molecule has 0 radical (unpaired) electrons. The molecule has 0 unspecified atom stereocenters. The van der Waals surface area contributed by atoms with Crippen LogP contribution in [0.5, 0.6) is 5.75 Å². The van der Waals surface area contributed by atoms with Crippen LogP contribution >= 0.6 is 23.1 Å². The Morgan fingerprint density at radius 3 is 2.88 bits per heavy atom. The number of hydrogen-bond acceptors (Lipinski definition) is 5. The molecule has 0 aliphatic rings. The van der Waals surface area contributed by atoms with E-state index in [-0.39, 0.29) is 5.91 Å². The lowest BCUT2D eigenvalue weighted by Gasteiger charge is -2.17.